The van der Waals surface area contributed by atoms with Gasteiger partial charge in [-0.3, -0.25) is 4.90 Å². The predicted octanol–water partition coefficient (Wildman–Crippen LogP) is 2.05. The van der Waals surface area contributed by atoms with Gasteiger partial charge in [0, 0.05) is 25.7 Å². The summed E-state index contributed by atoms with van der Waals surface area (Å²) in [4.78, 5) is 5.39. The Morgan fingerprint density at radius 3 is 3.05 bits per heavy atom. The highest BCUT2D eigenvalue weighted by atomic mass is 32.1. The number of fused-ring (bicyclic) bond motifs is 1. The minimum atomic E-state index is 0.850. The molecular formula is C16H27N3S. The lowest BCUT2D eigenvalue weighted by molar-refractivity contribution is 0.220. The van der Waals surface area contributed by atoms with Crippen molar-refractivity contribution in [3.8, 4) is 0 Å². The van der Waals surface area contributed by atoms with Crippen molar-refractivity contribution < 1.29 is 0 Å². The molecule has 0 aliphatic carbocycles. The summed E-state index contributed by atoms with van der Waals surface area (Å²) in [5.41, 5.74) is 1.47. The normalized spacial score (nSPS) is 24.7. The fraction of sp³-hybridized carbons (Fsp3) is 0.750. The molecule has 3 heterocycles. The number of rotatable bonds is 6. The third-order valence-electron chi connectivity index (χ3n) is 4.66. The van der Waals surface area contributed by atoms with Crippen LogP contribution in [-0.4, -0.2) is 61.7 Å². The molecule has 1 aromatic heterocycles. The zero-order valence-corrected chi connectivity index (χ0v) is 13.2. The Morgan fingerprint density at radius 2 is 2.15 bits per heavy atom. The van der Waals surface area contributed by atoms with Gasteiger partial charge in [-0.05, 0) is 74.3 Å². The molecule has 1 aromatic rings. The average molecular weight is 293 g/mol. The molecule has 1 atom stereocenters. The summed E-state index contributed by atoms with van der Waals surface area (Å²) in [6, 6.07) is 3.08. The van der Waals surface area contributed by atoms with Crippen molar-refractivity contribution in [2.75, 3.05) is 45.8 Å². The summed E-state index contributed by atoms with van der Waals surface area (Å²) in [6.07, 6.45) is 5.35. The van der Waals surface area contributed by atoms with Crippen LogP contribution in [-0.2, 0) is 6.42 Å². The molecule has 0 spiro atoms. The highest BCUT2D eigenvalue weighted by Gasteiger charge is 2.28. The van der Waals surface area contributed by atoms with Crippen LogP contribution in [0.4, 0.5) is 0 Å². The Bertz CT molecular complexity index is 379. The van der Waals surface area contributed by atoms with Crippen LogP contribution in [0.2, 0.25) is 0 Å². The quantitative estimate of drug-likeness (QED) is 0.810. The summed E-state index contributed by atoms with van der Waals surface area (Å²) in [5, 5.41) is 8.02. The van der Waals surface area contributed by atoms with E-state index in [0.29, 0.717) is 0 Å². The molecule has 1 unspecified atom stereocenters. The molecule has 2 fully saturated rings. The molecule has 2 aliphatic heterocycles. The highest BCUT2D eigenvalue weighted by molar-refractivity contribution is 7.07. The Kier molecular flexibility index (Phi) is 5.48. The number of thiophene rings is 1. The van der Waals surface area contributed by atoms with E-state index >= 15 is 0 Å². The molecular weight excluding hydrogens is 266 g/mol. The molecule has 0 amide bonds. The van der Waals surface area contributed by atoms with Crippen LogP contribution in [0.5, 0.6) is 0 Å². The first kappa shape index (κ1) is 14.5. The first-order chi connectivity index (χ1) is 9.92. The molecule has 0 aromatic carbocycles. The lowest BCUT2D eigenvalue weighted by Crippen LogP contribution is -2.39. The highest BCUT2D eigenvalue weighted by Crippen LogP contribution is 2.20. The lowest BCUT2D eigenvalue weighted by Gasteiger charge is -2.25. The van der Waals surface area contributed by atoms with Gasteiger partial charge in [0.2, 0.25) is 0 Å². The van der Waals surface area contributed by atoms with E-state index in [4.69, 9.17) is 0 Å². The summed E-state index contributed by atoms with van der Waals surface area (Å²) in [5.74, 6) is 0. The predicted molar refractivity (Wildman–Crippen MR) is 86.5 cm³/mol. The first-order valence-corrected chi connectivity index (χ1v) is 9.04. The summed E-state index contributed by atoms with van der Waals surface area (Å²) in [6.45, 7) is 8.72. The van der Waals surface area contributed by atoms with Gasteiger partial charge in [0.1, 0.15) is 0 Å². The Hall–Kier alpha value is -0.420. The summed E-state index contributed by atoms with van der Waals surface area (Å²) >= 11 is 1.80. The van der Waals surface area contributed by atoms with Crippen molar-refractivity contribution in [3.63, 3.8) is 0 Å². The van der Waals surface area contributed by atoms with Gasteiger partial charge in [0.15, 0.2) is 0 Å². The zero-order valence-electron chi connectivity index (χ0n) is 12.4. The van der Waals surface area contributed by atoms with E-state index in [9.17, 15) is 0 Å². The van der Waals surface area contributed by atoms with Gasteiger partial charge in [-0.15, -0.1) is 0 Å². The third kappa shape index (κ3) is 4.04. The number of hydrogen-bond acceptors (Lipinski definition) is 4. The molecule has 0 bridgehead atoms. The fourth-order valence-corrected chi connectivity index (χ4v) is 4.22. The number of nitrogens with zero attached hydrogens (tertiary/aromatic N) is 2. The molecule has 4 heteroatoms. The van der Waals surface area contributed by atoms with E-state index < -0.39 is 0 Å². The smallest absolute Gasteiger partial charge is 0.0223 e. The third-order valence-corrected chi connectivity index (χ3v) is 5.40. The van der Waals surface area contributed by atoms with Crippen LogP contribution in [0.25, 0.3) is 0 Å². The monoisotopic (exact) mass is 293 g/mol. The first-order valence-electron chi connectivity index (χ1n) is 8.10. The maximum absolute atomic E-state index is 3.60. The molecule has 2 saturated heterocycles. The molecule has 3 rings (SSSR count). The minimum absolute atomic E-state index is 0.850. The van der Waals surface area contributed by atoms with Crippen LogP contribution < -0.4 is 5.32 Å². The van der Waals surface area contributed by atoms with Crippen molar-refractivity contribution in [1.29, 1.82) is 0 Å². The van der Waals surface area contributed by atoms with E-state index in [1.165, 1.54) is 64.0 Å². The van der Waals surface area contributed by atoms with E-state index in [0.717, 1.165) is 19.1 Å². The second-order valence-corrected chi connectivity index (χ2v) is 6.90. The van der Waals surface area contributed by atoms with Crippen molar-refractivity contribution >= 4 is 11.3 Å². The number of hydrogen-bond donors (Lipinski definition) is 1. The van der Waals surface area contributed by atoms with E-state index in [2.05, 4.69) is 31.9 Å². The largest absolute Gasteiger partial charge is 0.315 e. The van der Waals surface area contributed by atoms with Crippen LogP contribution in [0.1, 0.15) is 24.8 Å². The van der Waals surface area contributed by atoms with Gasteiger partial charge < -0.3 is 10.2 Å². The molecule has 0 saturated carbocycles. The van der Waals surface area contributed by atoms with Gasteiger partial charge in [0.25, 0.3) is 0 Å². The van der Waals surface area contributed by atoms with Gasteiger partial charge in [0.05, 0.1) is 0 Å². The molecule has 112 valence electrons. The molecule has 0 radical (unpaired) electrons. The topological polar surface area (TPSA) is 18.5 Å². The van der Waals surface area contributed by atoms with E-state index in [1.807, 2.05) is 0 Å². The SMILES string of the molecule is c1cc(CCNCCN2CCCN3CCCC3C2)cs1. The number of nitrogens with one attached hydrogen (secondary N) is 1. The second kappa shape index (κ2) is 7.55. The van der Waals surface area contributed by atoms with Crippen molar-refractivity contribution in [1.82, 2.24) is 15.1 Å². The van der Waals surface area contributed by atoms with E-state index in [-0.39, 0.29) is 0 Å². The van der Waals surface area contributed by atoms with Gasteiger partial charge in [-0.25, -0.2) is 0 Å². The van der Waals surface area contributed by atoms with Crippen LogP contribution >= 0.6 is 11.3 Å². The lowest BCUT2D eigenvalue weighted by atomic mass is 10.2. The molecule has 1 N–H and O–H groups in total. The molecule has 3 nitrogen and oxygen atoms in total. The Balaban J connectivity index is 1.31. The van der Waals surface area contributed by atoms with Crippen molar-refractivity contribution in [2.24, 2.45) is 0 Å². The van der Waals surface area contributed by atoms with Gasteiger partial charge in [-0.2, -0.15) is 11.3 Å². The average Bonchev–Trinajstić information content (AvgIpc) is 3.08. The maximum Gasteiger partial charge on any atom is 0.0223 e. The second-order valence-electron chi connectivity index (χ2n) is 6.12. The summed E-state index contributed by atoms with van der Waals surface area (Å²) in [7, 11) is 0. The minimum Gasteiger partial charge on any atom is -0.315 e. The fourth-order valence-electron chi connectivity index (χ4n) is 3.52. The van der Waals surface area contributed by atoms with Crippen molar-refractivity contribution in [2.45, 2.75) is 31.7 Å². The van der Waals surface area contributed by atoms with Crippen LogP contribution in [0, 0.1) is 0 Å². The van der Waals surface area contributed by atoms with Gasteiger partial charge in [-0.1, -0.05) is 0 Å². The maximum atomic E-state index is 3.60. The van der Waals surface area contributed by atoms with Crippen molar-refractivity contribution in [3.05, 3.63) is 22.4 Å². The summed E-state index contributed by atoms with van der Waals surface area (Å²) < 4.78 is 0. The van der Waals surface area contributed by atoms with E-state index in [1.54, 1.807) is 11.3 Å². The van der Waals surface area contributed by atoms with Gasteiger partial charge >= 0.3 is 0 Å². The Labute approximate surface area is 127 Å². The van der Waals surface area contributed by atoms with Crippen LogP contribution in [0.3, 0.4) is 0 Å². The zero-order chi connectivity index (χ0) is 13.6. The molecule has 20 heavy (non-hydrogen) atoms. The van der Waals surface area contributed by atoms with Crippen LogP contribution in [0.15, 0.2) is 16.8 Å². The molecule has 2 aliphatic rings. The standard InChI is InChI=1S/C16H27N3S/c1-3-16-13-18(8-2-10-19(16)9-1)11-7-17-6-4-15-5-12-20-14-15/h5,12,14,16-17H,1-4,6-11,13H2. The Morgan fingerprint density at radius 1 is 1.20 bits per heavy atom.